The summed E-state index contributed by atoms with van der Waals surface area (Å²) in [5, 5.41) is 8.76. The van der Waals surface area contributed by atoms with E-state index in [9.17, 15) is 14.4 Å². The Kier molecular flexibility index (Phi) is 4.49. The fraction of sp³-hybridized carbons (Fsp3) is 0.688. The molecule has 2 unspecified atom stereocenters. The Labute approximate surface area is 125 Å². The molecule has 0 saturated carbocycles. The number of likely N-dealkylation sites (tertiary alicyclic amines) is 1. The smallest absolute Gasteiger partial charge is 0.303 e. The highest BCUT2D eigenvalue weighted by Crippen LogP contribution is 2.36. The van der Waals surface area contributed by atoms with Gasteiger partial charge in [0, 0.05) is 13.0 Å². The molecule has 1 fully saturated rings. The molecule has 0 aromatic rings. The third-order valence-corrected chi connectivity index (χ3v) is 4.63. The molecule has 5 heteroatoms. The summed E-state index contributed by atoms with van der Waals surface area (Å²) in [4.78, 5) is 36.7. The molecule has 1 aliphatic heterocycles. The van der Waals surface area contributed by atoms with Gasteiger partial charge in [-0.15, -0.1) is 0 Å². The van der Waals surface area contributed by atoms with Crippen LogP contribution < -0.4 is 0 Å². The maximum Gasteiger partial charge on any atom is 0.303 e. The normalized spacial score (nSPS) is 25.3. The minimum Gasteiger partial charge on any atom is -0.481 e. The van der Waals surface area contributed by atoms with Crippen molar-refractivity contribution in [1.82, 2.24) is 4.90 Å². The molecule has 0 aromatic heterocycles. The van der Waals surface area contributed by atoms with Gasteiger partial charge in [-0.25, -0.2) is 0 Å². The first-order valence-electron chi connectivity index (χ1n) is 7.54. The summed E-state index contributed by atoms with van der Waals surface area (Å²) in [6.07, 6.45) is 6.59. The molecular formula is C16H23NO4. The van der Waals surface area contributed by atoms with Crippen molar-refractivity contribution in [3.8, 4) is 0 Å². The van der Waals surface area contributed by atoms with E-state index < -0.39 is 5.97 Å². The molecule has 2 atom stereocenters. The minimum atomic E-state index is -0.812. The molecule has 21 heavy (non-hydrogen) atoms. The second kappa shape index (κ2) is 6.00. The predicted octanol–water partition coefficient (Wildman–Crippen LogP) is 2.22. The Morgan fingerprint density at radius 3 is 2.19 bits per heavy atom. The van der Waals surface area contributed by atoms with Crippen LogP contribution in [0.25, 0.3) is 0 Å². The van der Waals surface area contributed by atoms with Crippen LogP contribution in [0.1, 0.15) is 46.0 Å². The van der Waals surface area contributed by atoms with Crippen LogP contribution in [0.4, 0.5) is 0 Å². The first-order valence-corrected chi connectivity index (χ1v) is 7.54. The summed E-state index contributed by atoms with van der Waals surface area (Å²) >= 11 is 0. The van der Waals surface area contributed by atoms with E-state index in [2.05, 4.69) is 0 Å². The zero-order chi connectivity index (χ0) is 15.6. The number of imide groups is 1. The van der Waals surface area contributed by atoms with Crippen LogP contribution in [0.2, 0.25) is 0 Å². The molecule has 1 N–H and O–H groups in total. The molecule has 2 rings (SSSR count). The van der Waals surface area contributed by atoms with Crippen molar-refractivity contribution in [3.05, 3.63) is 12.2 Å². The van der Waals surface area contributed by atoms with Gasteiger partial charge in [-0.3, -0.25) is 19.3 Å². The highest BCUT2D eigenvalue weighted by atomic mass is 16.4. The van der Waals surface area contributed by atoms with Gasteiger partial charge in [0.05, 0.1) is 11.8 Å². The Morgan fingerprint density at radius 1 is 1.19 bits per heavy atom. The van der Waals surface area contributed by atoms with E-state index in [0.717, 1.165) is 0 Å². The van der Waals surface area contributed by atoms with Gasteiger partial charge in [0.15, 0.2) is 0 Å². The van der Waals surface area contributed by atoms with Gasteiger partial charge in [0.1, 0.15) is 0 Å². The monoisotopic (exact) mass is 293 g/mol. The second-order valence-electron chi connectivity index (χ2n) is 6.79. The van der Waals surface area contributed by atoms with Crippen molar-refractivity contribution in [2.24, 2.45) is 17.3 Å². The zero-order valence-corrected chi connectivity index (χ0v) is 12.7. The number of carbonyl (C=O) groups excluding carboxylic acids is 2. The Balaban J connectivity index is 1.93. The van der Waals surface area contributed by atoms with E-state index in [1.165, 1.54) is 4.90 Å². The van der Waals surface area contributed by atoms with Crippen molar-refractivity contribution >= 4 is 17.8 Å². The molecule has 0 bridgehead atoms. The summed E-state index contributed by atoms with van der Waals surface area (Å²) in [6, 6.07) is 0. The largest absolute Gasteiger partial charge is 0.481 e. The third-order valence-electron chi connectivity index (χ3n) is 4.63. The third kappa shape index (κ3) is 3.52. The summed E-state index contributed by atoms with van der Waals surface area (Å²) in [5.74, 6) is -1.27. The number of hydrogen-bond acceptors (Lipinski definition) is 3. The molecule has 1 heterocycles. The van der Waals surface area contributed by atoms with Crippen LogP contribution in [0.15, 0.2) is 12.2 Å². The first kappa shape index (κ1) is 15.7. The lowest BCUT2D eigenvalue weighted by molar-refractivity contribution is -0.141. The van der Waals surface area contributed by atoms with Crippen molar-refractivity contribution in [3.63, 3.8) is 0 Å². The molecule has 116 valence electrons. The van der Waals surface area contributed by atoms with Gasteiger partial charge >= 0.3 is 5.97 Å². The van der Waals surface area contributed by atoms with Crippen molar-refractivity contribution < 1.29 is 19.5 Å². The summed E-state index contributed by atoms with van der Waals surface area (Å²) < 4.78 is 0. The van der Waals surface area contributed by atoms with Gasteiger partial charge in [0.25, 0.3) is 0 Å². The molecule has 0 aromatic carbocycles. The number of carboxylic acid groups (broad SMARTS) is 1. The minimum absolute atomic E-state index is 0.0524. The number of aliphatic carboxylic acids is 1. The summed E-state index contributed by atoms with van der Waals surface area (Å²) in [7, 11) is 0. The number of carbonyl (C=O) groups is 3. The fourth-order valence-electron chi connectivity index (χ4n) is 3.07. The van der Waals surface area contributed by atoms with Crippen LogP contribution >= 0.6 is 0 Å². The standard InChI is InChI=1S/C16H23NO4/c1-16(2,8-7-13(18)19)9-10-17-14(20)11-5-3-4-6-12(11)15(17)21/h3-4,11-12H,5-10H2,1-2H3,(H,18,19). The molecule has 0 radical (unpaired) electrons. The molecule has 1 saturated heterocycles. The van der Waals surface area contributed by atoms with Crippen molar-refractivity contribution in [2.45, 2.75) is 46.0 Å². The molecular weight excluding hydrogens is 270 g/mol. The van der Waals surface area contributed by atoms with Crippen LogP contribution in [0.3, 0.4) is 0 Å². The topological polar surface area (TPSA) is 74.7 Å². The van der Waals surface area contributed by atoms with Crippen LogP contribution in [0.5, 0.6) is 0 Å². The second-order valence-corrected chi connectivity index (χ2v) is 6.79. The van der Waals surface area contributed by atoms with Gasteiger partial charge in [-0.2, -0.15) is 0 Å². The zero-order valence-electron chi connectivity index (χ0n) is 12.7. The van der Waals surface area contributed by atoms with E-state index in [1.807, 2.05) is 26.0 Å². The average Bonchev–Trinajstić information content (AvgIpc) is 2.68. The lowest BCUT2D eigenvalue weighted by Gasteiger charge is -2.26. The Hall–Kier alpha value is -1.65. The maximum absolute atomic E-state index is 12.3. The quantitative estimate of drug-likeness (QED) is 0.602. The first-order chi connectivity index (χ1) is 9.82. The van der Waals surface area contributed by atoms with Crippen LogP contribution in [0, 0.1) is 17.3 Å². The highest BCUT2D eigenvalue weighted by molar-refractivity contribution is 6.05. The van der Waals surface area contributed by atoms with Crippen molar-refractivity contribution in [1.29, 1.82) is 0 Å². The van der Waals surface area contributed by atoms with E-state index in [1.54, 1.807) is 0 Å². The summed E-state index contributed by atoms with van der Waals surface area (Å²) in [6.45, 7) is 4.36. The average molecular weight is 293 g/mol. The van der Waals surface area contributed by atoms with Crippen LogP contribution in [-0.4, -0.2) is 34.3 Å². The fourth-order valence-corrected chi connectivity index (χ4v) is 3.07. The highest BCUT2D eigenvalue weighted by Gasteiger charge is 2.47. The van der Waals surface area contributed by atoms with Gasteiger partial charge < -0.3 is 5.11 Å². The SMILES string of the molecule is CC(C)(CCC(=O)O)CCN1C(=O)C2CC=CCC2C1=O. The van der Waals surface area contributed by atoms with E-state index >= 15 is 0 Å². The van der Waals surface area contributed by atoms with Gasteiger partial charge in [0.2, 0.25) is 11.8 Å². The van der Waals surface area contributed by atoms with E-state index in [4.69, 9.17) is 5.11 Å². The lowest BCUT2D eigenvalue weighted by Crippen LogP contribution is -2.34. The van der Waals surface area contributed by atoms with E-state index in [-0.39, 0.29) is 35.5 Å². The molecule has 0 spiro atoms. The van der Waals surface area contributed by atoms with Gasteiger partial charge in [-0.05, 0) is 31.1 Å². The van der Waals surface area contributed by atoms with Crippen LogP contribution in [-0.2, 0) is 14.4 Å². The van der Waals surface area contributed by atoms with Gasteiger partial charge in [-0.1, -0.05) is 26.0 Å². The number of amides is 2. The van der Waals surface area contributed by atoms with Crippen molar-refractivity contribution in [2.75, 3.05) is 6.54 Å². The Bertz CT molecular complexity index is 455. The number of rotatable bonds is 6. The predicted molar refractivity (Wildman–Crippen MR) is 77.3 cm³/mol. The molecule has 2 aliphatic rings. The molecule has 1 aliphatic carbocycles. The molecule has 2 amide bonds. The number of allylic oxidation sites excluding steroid dienone is 2. The Morgan fingerprint density at radius 2 is 1.71 bits per heavy atom. The number of carboxylic acids is 1. The lowest BCUT2D eigenvalue weighted by atomic mass is 9.84. The van der Waals surface area contributed by atoms with E-state index in [0.29, 0.717) is 32.2 Å². The summed E-state index contributed by atoms with van der Waals surface area (Å²) in [5.41, 5.74) is -0.190. The maximum atomic E-state index is 12.3. The number of fused-ring (bicyclic) bond motifs is 1. The molecule has 5 nitrogen and oxygen atoms in total. The number of hydrogen-bond donors (Lipinski definition) is 1. The number of nitrogens with zero attached hydrogens (tertiary/aromatic N) is 1.